The molecule has 5 nitrogen and oxygen atoms in total. The number of carbonyl (C=O) groups is 1. The summed E-state index contributed by atoms with van der Waals surface area (Å²) in [6.45, 7) is 0.643. The van der Waals surface area contributed by atoms with Gasteiger partial charge in [0.15, 0.2) is 11.5 Å². The van der Waals surface area contributed by atoms with Crippen LogP contribution in [0.25, 0.3) is 0 Å². The number of carboxylic acids is 1. The van der Waals surface area contributed by atoms with Crippen LogP contribution in [0.4, 0.5) is 0 Å². The Morgan fingerprint density at radius 1 is 1.37 bits per heavy atom. The lowest BCUT2D eigenvalue weighted by atomic mass is 9.90. The van der Waals surface area contributed by atoms with Crippen LogP contribution in [0.5, 0.6) is 11.5 Å². The van der Waals surface area contributed by atoms with E-state index in [1.54, 1.807) is 7.11 Å². The Morgan fingerprint density at radius 3 is 2.74 bits per heavy atom. The highest BCUT2D eigenvalue weighted by molar-refractivity contribution is 5.71. The highest BCUT2D eigenvalue weighted by Gasteiger charge is 2.49. The number of aliphatic carboxylic acids is 1. The van der Waals surface area contributed by atoms with Crippen LogP contribution in [0.15, 0.2) is 12.1 Å². The van der Waals surface area contributed by atoms with Crippen molar-refractivity contribution in [3.05, 3.63) is 23.3 Å². The number of ether oxygens (including phenoxy) is 3. The molecule has 0 aromatic heterocycles. The molecule has 1 aliphatic carbocycles. The molecular weight excluding hydrogens is 248 g/mol. The van der Waals surface area contributed by atoms with Gasteiger partial charge in [0, 0.05) is 23.7 Å². The third kappa shape index (κ3) is 2.04. The van der Waals surface area contributed by atoms with E-state index in [-0.39, 0.29) is 18.6 Å². The van der Waals surface area contributed by atoms with Gasteiger partial charge in [-0.3, -0.25) is 4.79 Å². The SMILES string of the molecule is COCc1ccc(C2(CC(=O)O)CC2)c2c1OCO2. The second-order valence-corrected chi connectivity index (χ2v) is 5.12. The van der Waals surface area contributed by atoms with Gasteiger partial charge < -0.3 is 19.3 Å². The molecule has 0 amide bonds. The zero-order chi connectivity index (χ0) is 13.5. The molecule has 1 aliphatic heterocycles. The van der Waals surface area contributed by atoms with Crippen LogP contribution >= 0.6 is 0 Å². The van der Waals surface area contributed by atoms with Gasteiger partial charge in [-0.1, -0.05) is 12.1 Å². The highest BCUT2D eigenvalue weighted by Crippen LogP contribution is 2.57. The van der Waals surface area contributed by atoms with Crippen molar-refractivity contribution in [2.24, 2.45) is 0 Å². The lowest BCUT2D eigenvalue weighted by Gasteiger charge is -2.16. The van der Waals surface area contributed by atoms with Crippen molar-refractivity contribution >= 4 is 5.97 Å². The van der Waals surface area contributed by atoms with Crippen molar-refractivity contribution in [1.82, 2.24) is 0 Å². The number of methoxy groups -OCH3 is 1. The van der Waals surface area contributed by atoms with E-state index in [4.69, 9.17) is 19.3 Å². The van der Waals surface area contributed by atoms with Gasteiger partial charge in [0.2, 0.25) is 6.79 Å². The summed E-state index contributed by atoms with van der Waals surface area (Å²) in [5.41, 5.74) is 1.63. The molecule has 0 bridgehead atoms. The molecular formula is C14H16O5. The zero-order valence-electron chi connectivity index (χ0n) is 10.8. The van der Waals surface area contributed by atoms with Crippen molar-refractivity contribution in [3.63, 3.8) is 0 Å². The summed E-state index contributed by atoms with van der Waals surface area (Å²) in [7, 11) is 1.63. The van der Waals surface area contributed by atoms with Crippen LogP contribution in [0, 0.1) is 0 Å². The summed E-state index contributed by atoms with van der Waals surface area (Å²) in [4.78, 5) is 11.0. The molecule has 1 saturated carbocycles. The first-order chi connectivity index (χ1) is 9.16. The van der Waals surface area contributed by atoms with Gasteiger partial charge in [-0.25, -0.2) is 0 Å². The molecule has 0 saturated heterocycles. The molecule has 3 rings (SSSR count). The Kier molecular flexibility index (Phi) is 2.86. The summed E-state index contributed by atoms with van der Waals surface area (Å²) in [6.07, 6.45) is 1.92. The molecule has 1 N–H and O–H groups in total. The molecule has 2 aliphatic rings. The normalized spacial score (nSPS) is 18.4. The van der Waals surface area contributed by atoms with E-state index in [1.807, 2.05) is 12.1 Å². The largest absolute Gasteiger partial charge is 0.481 e. The Morgan fingerprint density at radius 2 is 2.11 bits per heavy atom. The number of rotatable bonds is 5. The number of fused-ring (bicyclic) bond motifs is 1. The van der Waals surface area contributed by atoms with Gasteiger partial charge in [-0.15, -0.1) is 0 Å². The van der Waals surface area contributed by atoms with Crippen molar-refractivity contribution in [1.29, 1.82) is 0 Å². The minimum absolute atomic E-state index is 0.145. The second-order valence-electron chi connectivity index (χ2n) is 5.12. The minimum Gasteiger partial charge on any atom is -0.481 e. The maximum Gasteiger partial charge on any atom is 0.304 e. The fourth-order valence-corrected chi connectivity index (χ4v) is 2.72. The molecule has 0 radical (unpaired) electrons. The number of carboxylic acid groups (broad SMARTS) is 1. The Bertz CT molecular complexity index is 519. The maximum atomic E-state index is 11.0. The van der Waals surface area contributed by atoms with Gasteiger partial charge in [0.25, 0.3) is 0 Å². The standard InChI is InChI=1S/C14H16O5/c1-17-7-9-2-3-10(13-12(9)18-8-19-13)14(4-5-14)6-11(15)16/h2-3H,4-8H2,1H3,(H,15,16). The first-order valence-electron chi connectivity index (χ1n) is 6.29. The van der Waals surface area contributed by atoms with Crippen LogP contribution in [0.1, 0.15) is 30.4 Å². The van der Waals surface area contributed by atoms with Crippen LogP contribution in [-0.4, -0.2) is 25.0 Å². The van der Waals surface area contributed by atoms with Gasteiger partial charge >= 0.3 is 5.97 Å². The molecule has 1 aromatic rings. The van der Waals surface area contributed by atoms with Gasteiger partial charge in [-0.05, 0) is 12.8 Å². The predicted molar refractivity (Wildman–Crippen MR) is 66.4 cm³/mol. The molecule has 0 spiro atoms. The fourth-order valence-electron chi connectivity index (χ4n) is 2.72. The summed E-state index contributed by atoms with van der Waals surface area (Å²) in [5.74, 6) is 0.635. The van der Waals surface area contributed by atoms with Crippen molar-refractivity contribution in [2.75, 3.05) is 13.9 Å². The zero-order valence-corrected chi connectivity index (χ0v) is 10.8. The average molecular weight is 264 g/mol. The molecule has 1 fully saturated rings. The Hall–Kier alpha value is -1.75. The molecule has 102 valence electrons. The lowest BCUT2D eigenvalue weighted by Crippen LogP contribution is -2.14. The van der Waals surface area contributed by atoms with Crippen LogP contribution < -0.4 is 9.47 Å². The van der Waals surface area contributed by atoms with Crippen LogP contribution in [-0.2, 0) is 21.6 Å². The van der Waals surface area contributed by atoms with E-state index in [1.165, 1.54) is 0 Å². The minimum atomic E-state index is -0.772. The number of hydrogen-bond donors (Lipinski definition) is 1. The topological polar surface area (TPSA) is 65.0 Å². The predicted octanol–water partition coefficient (Wildman–Crippen LogP) is 2.07. The number of benzene rings is 1. The molecule has 1 heterocycles. The molecule has 5 heteroatoms. The summed E-state index contributed by atoms with van der Waals surface area (Å²) < 4.78 is 16.2. The first-order valence-corrected chi connectivity index (χ1v) is 6.29. The lowest BCUT2D eigenvalue weighted by molar-refractivity contribution is -0.137. The van der Waals surface area contributed by atoms with E-state index in [0.29, 0.717) is 18.1 Å². The van der Waals surface area contributed by atoms with Crippen LogP contribution in [0.3, 0.4) is 0 Å². The summed E-state index contributed by atoms with van der Waals surface area (Å²) >= 11 is 0. The van der Waals surface area contributed by atoms with E-state index in [9.17, 15) is 4.79 Å². The van der Waals surface area contributed by atoms with Gasteiger partial charge in [0.1, 0.15) is 0 Å². The van der Waals surface area contributed by atoms with Crippen LogP contribution in [0.2, 0.25) is 0 Å². The highest BCUT2D eigenvalue weighted by atomic mass is 16.7. The Balaban J connectivity index is 2.00. The first kappa shape index (κ1) is 12.3. The fraction of sp³-hybridized carbons (Fsp3) is 0.500. The second kappa shape index (κ2) is 4.42. The van der Waals surface area contributed by atoms with E-state index >= 15 is 0 Å². The third-order valence-corrected chi connectivity index (χ3v) is 3.81. The van der Waals surface area contributed by atoms with E-state index in [0.717, 1.165) is 24.0 Å². The third-order valence-electron chi connectivity index (χ3n) is 3.81. The van der Waals surface area contributed by atoms with E-state index in [2.05, 4.69) is 0 Å². The molecule has 1 aromatic carbocycles. The van der Waals surface area contributed by atoms with Crippen molar-refractivity contribution in [3.8, 4) is 11.5 Å². The quantitative estimate of drug-likeness (QED) is 0.882. The smallest absolute Gasteiger partial charge is 0.304 e. The maximum absolute atomic E-state index is 11.0. The summed E-state index contributed by atoms with van der Waals surface area (Å²) in [5, 5.41) is 9.05. The van der Waals surface area contributed by atoms with Gasteiger partial charge in [-0.2, -0.15) is 0 Å². The molecule has 0 atom stereocenters. The van der Waals surface area contributed by atoms with Gasteiger partial charge in [0.05, 0.1) is 13.0 Å². The summed E-state index contributed by atoms with van der Waals surface area (Å²) in [6, 6.07) is 3.89. The molecule has 19 heavy (non-hydrogen) atoms. The van der Waals surface area contributed by atoms with E-state index < -0.39 is 5.97 Å². The number of hydrogen-bond acceptors (Lipinski definition) is 4. The van der Waals surface area contributed by atoms with Crippen molar-refractivity contribution in [2.45, 2.75) is 31.3 Å². The monoisotopic (exact) mass is 264 g/mol. The van der Waals surface area contributed by atoms with Crippen molar-refractivity contribution < 1.29 is 24.1 Å². The average Bonchev–Trinajstić information content (AvgIpc) is 2.96. The Labute approximate surface area is 111 Å². The molecule has 0 unspecified atom stereocenters.